The molecule has 0 fully saturated rings. The molecule has 0 aliphatic heterocycles. The molecule has 1 aromatic rings. The van der Waals surface area contributed by atoms with Crippen molar-refractivity contribution in [3.05, 3.63) is 39.7 Å². The number of halogens is 1. The van der Waals surface area contributed by atoms with E-state index < -0.39 is 28.5 Å². The van der Waals surface area contributed by atoms with Crippen molar-refractivity contribution in [1.29, 1.82) is 0 Å². The normalized spacial score (nSPS) is 12.1. The third-order valence-corrected chi connectivity index (χ3v) is 2.00. The summed E-state index contributed by atoms with van der Waals surface area (Å²) in [5.74, 6) is -1.92. The maximum Gasteiger partial charge on any atom is 0.332 e. The average Bonchev–Trinajstić information content (AvgIpc) is 2.24. The second kappa shape index (κ2) is 5.35. The summed E-state index contributed by atoms with van der Waals surface area (Å²) in [5, 5.41) is 19.0. The number of hydrogen-bond acceptors (Lipinski definition) is 4. The van der Waals surface area contributed by atoms with E-state index in [1.165, 1.54) is 6.92 Å². The van der Waals surface area contributed by atoms with Gasteiger partial charge in [0.2, 0.25) is 0 Å². The van der Waals surface area contributed by atoms with Crippen LogP contribution in [0.3, 0.4) is 0 Å². The second-order valence-electron chi connectivity index (χ2n) is 3.37. The maximum absolute atomic E-state index is 13.0. The Balaban J connectivity index is 2.78. The van der Waals surface area contributed by atoms with Crippen LogP contribution in [0.4, 0.5) is 10.1 Å². The van der Waals surface area contributed by atoms with Gasteiger partial charge in [-0.1, -0.05) is 0 Å². The zero-order valence-electron chi connectivity index (χ0n) is 8.92. The van der Waals surface area contributed by atoms with E-state index in [0.29, 0.717) is 0 Å². The van der Waals surface area contributed by atoms with Crippen molar-refractivity contribution < 1.29 is 24.0 Å². The molecule has 0 aliphatic rings. The first kappa shape index (κ1) is 13.0. The number of nitro benzene ring substituents is 1. The molecule has 0 amide bonds. The SMILES string of the molecule is C[C@@H](OCc1cc(F)cc([N+](=O)[O-])c1)C(=O)O. The van der Waals surface area contributed by atoms with Crippen LogP contribution in [0.2, 0.25) is 0 Å². The maximum atomic E-state index is 13.0. The molecular formula is C10H10FNO5. The molecule has 0 heterocycles. The summed E-state index contributed by atoms with van der Waals surface area (Å²) in [4.78, 5) is 20.2. The Morgan fingerprint density at radius 3 is 2.76 bits per heavy atom. The Hall–Kier alpha value is -2.02. The van der Waals surface area contributed by atoms with Crippen LogP contribution in [0.5, 0.6) is 0 Å². The van der Waals surface area contributed by atoms with Gasteiger partial charge in [0.25, 0.3) is 5.69 Å². The van der Waals surface area contributed by atoms with Crippen molar-refractivity contribution in [2.75, 3.05) is 0 Å². The predicted octanol–water partition coefficient (Wildman–Crippen LogP) is 1.72. The quantitative estimate of drug-likeness (QED) is 0.628. The van der Waals surface area contributed by atoms with Crippen LogP contribution in [-0.2, 0) is 16.1 Å². The van der Waals surface area contributed by atoms with Crippen molar-refractivity contribution >= 4 is 11.7 Å². The third kappa shape index (κ3) is 3.80. The zero-order valence-corrected chi connectivity index (χ0v) is 8.92. The van der Waals surface area contributed by atoms with Gasteiger partial charge in [0, 0.05) is 6.07 Å². The van der Waals surface area contributed by atoms with E-state index in [1.54, 1.807) is 0 Å². The van der Waals surface area contributed by atoms with Crippen molar-refractivity contribution in [2.24, 2.45) is 0 Å². The van der Waals surface area contributed by atoms with Gasteiger partial charge in [0.1, 0.15) is 5.82 Å². The van der Waals surface area contributed by atoms with Crippen molar-refractivity contribution in [1.82, 2.24) is 0 Å². The van der Waals surface area contributed by atoms with Gasteiger partial charge in [-0.15, -0.1) is 0 Å². The lowest BCUT2D eigenvalue weighted by atomic mass is 10.2. The van der Waals surface area contributed by atoms with Gasteiger partial charge in [0.05, 0.1) is 17.6 Å². The Bertz CT molecular complexity index is 448. The van der Waals surface area contributed by atoms with Crippen LogP contribution in [-0.4, -0.2) is 22.1 Å². The predicted molar refractivity (Wildman–Crippen MR) is 54.9 cm³/mol. The van der Waals surface area contributed by atoms with Gasteiger partial charge in [-0.25, -0.2) is 9.18 Å². The van der Waals surface area contributed by atoms with E-state index in [9.17, 15) is 19.3 Å². The number of non-ortho nitro benzene ring substituents is 1. The molecule has 1 N–H and O–H groups in total. The van der Waals surface area contributed by atoms with Crippen molar-refractivity contribution in [3.8, 4) is 0 Å². The molecular weight excluding hydrogens is 233 g/mol. The molecule has 17 heavy (non-hydrogen) atoms. The van der Waals surface area contributed by atoms with E-state index in [0.717, 1.165) is 18.2 Å². The van der Waals surface area contributed by atoms with Crippen molar-refractivity contribution in [2.45, 2.75) is 19.6 Å². The van der Waals surface area contributed by atoms with Gasteiger partial charge >= 0.3 is 5.97 Å². The summed E-state index contributed by atoms with van der Waals surface area (Å²) >= 11 is 0. The molecule has 0 bridgehead atoms. The van der Waals surface area contributed by atoms with Gasteiger partial charge < -0.3 is 9.84 Å². The number of rotatable bonds is 5. The summed E-state index contributed by atoms with van der Waals surface area (Å²) in [6.07, 6.45) is -1.06. The topological polar surface area (TPSA) is 89.7 Å². The number of hydrogen-bond donors (Lipinski definition) is 1. The summed E-state index contributed by atoms with van der Waals surface area (Å²) in [6.45, 7) is 1.11. The molecule has 7 heteroatoms. The lowest BCUT2D eigenvalue weighted by molar-refractivity contribution is -0.385. The van der Waals surface area contributed by atoms with Crippen LogP contribution in [0.25, 0.3) is 0 Å². The molecule has 0 aliphatic carbocycles. The minimum absolute atomic E-state index is 0.202. The summed E-state index contributed by atoms with van der Waals surface area (Å²) in [7, 11) is 0. The number of carboxylic acids is 1. The van der Waals surface area contributed by atoms with E-state index in [2.05, 4.69) is 0 Å². The minimum atomic E-state index is -1.16. The van der Waals surface area contributed by atoms with Crippen LogP contribution < -0.4 is 0 Å². The Kier molecular flexibility index (Phi) is 4.11. The Morgan fingerprint density at radius 2 is 2.24 bits per heavy atom. The largest absolute Gasteiger partial charge is 0.479 e. The number of nitro groups is 1. The third-order valence-electron chi connectivity index (χ3n) is 2.00. The first-order valence-electron chi connectivity index (χ1n) is 4.68. The summed E-state index contributed by atoms with van der Waals surface area (Å²) < 4.78 is 17.9. The molecule has 0 unspecified atom stereocenters. The minimum Gasteiger partial charge on any atom is -0.479 e. The number of benzene rings is 1. The molecule has 0 spiro atoms. The lowest BCUT2D eigenvalue weighted by Gasteiger charge is -2.08. The average molecular weight is 243 g/mol. The highest BCUT2D eigenvalue weighted by molar-refractivity contribution is 5.71. The van der Waals surface area contributed by atoms with Crippen LogP contribution in [0.15, 0.2) is 18.2 Å². The molecule has 0 radical (unpaired) electrons. The number of carbonyl (C=O) groups is 1. The highest BCUT2D eigenvalue weighted by Gasteiger charge is 2.13. The van der Waals surface area contributed by atoms with Crippen LogP contribution in [0, 0.1) is 15.9 Å². The fourth-order valence-corrected chi connectivity index (χ4v) is 1.11. The van der Waals surface area contributed by atoms with E-state index >= 15 is 0 Å². The number of carboxylic acid groups (broad SMARTS) is 1. The van der Waals surface area contributed by atoms with Gasteiger partial charge in [0.15, 0.2) is 6.10 Å². The molecule has 0 saturated carbocycles. The number of aliphatic carboxylic acids is 1. The molecule has 0 aromatic heterocycles. The molecule has 1 rings (SSSR count). The fourth-order valence-electron chi connectivity index (χ4n) is 1.11. The summed E-state index contributed by atoms with van der Waals surface area (Å²) in [5.41, 5.74) is -0.184. The first-order chi connectivity index (χ1) is 7.90. The Morgan fingerprint density at radius 1 is 1.59 bits per heavy atom. The van der Waals surface area contributed by atoms with Gasteiger partial charge in [-0.2, -0.15) is 0 Å². The van der Waals surface area contributed by atoms with Crippen LogP contribution >= 0.6 is 0 Å². The van der Waals surface area contributed by atoms with Crippen LogP contribution in [0.1, 0.15) is 12.5 Å². The zero-order chi connectivity index (χ0) is 13.0. The molecule has 6 nitrogen and oxygen atoms in total. The highest BCUT2D eigenvalue weighted by Crippen LogP contribution is 2.17. The molecule has 92 valence electrons. The highest BCUT2D eigenvalue weighted by atomic mass is 19.1. The van der Waals surface area contributed by atoms with Crippen molar-refractivity contribution in [3.63, 3.8) is 0 Å². The molecule has 1 atom stereocenters. The standard InChI is InChI=1S/C10H10FNO5/c1-6(10(13)14)17-5-7-2-8(11)4-9(3-7)12(15)16/h2-4,6H,5H2,1H3,(H,13,14)/t6-/m1/s1. The fraction of sp³-hybridized carbons (Fsp3) is 0.300. The van der Waals surface area contributed by atoms with E-state index in [4.69, 9.17) is 9.84 Å². The monoisotopic (exact) mass is 243 g/mol. The second-order valence-corrected chi connectivity index (χ2v) is 3.37. The Labute approximate surface area is 95.8 Å². The van der Waals surface area contributed by atoms with E-state index in [-0.39, 0.29) is 12.2 Å². The smallest absolute Gasteiger partial charge is 0.332 e. The van der Waals surface area contributed by atoms with E-state index in [1.807, 2.05) is 0 Å². The number of ether oxygens (including phenoxy) is 1. The summed E-state index contributed by atoms with van der Waals surface area (Å²) in [6, 6.07) is 2.98. The van der Waals surface area contributed by atoms with Gasteiger partial charge in [-0.3, -0.25) is 10.1 Å². The first-order valence-corrected chi connectivity index (χ1v) is 4.68. The molecule has 0 saturated heterocycles. The molecule has 1 aromatic carbocycles. The lowest BCUT2D eigenvalue weighted by Crippen LogP contribution is -2.19. The number of nitrogens with zero attached hydrogens (tertiary/aromatic N) is 1. The van der Waals surface area contributed by atoms with Gasteiger partial charge in [-0.05, 0) is 18.6 Å².